The van der Waals surface area contributed by atoms with Crippen LogP contribution in [0.1, 0.15) is 36.9 Å². The molecule has 0 radical (unpaired) electrons. The van der Waals surface area contributed by atoms with Crippen molar-refractivity contribution in [3.8, 4) is 0 Å². The number of carbonyl (C=O) groups is 2. The topological polar surface area (TPSA) is 49.4 Å². The number of hydrogen-bond donors (Lipinski definition) is 1. The molecule has 0 saturated carbocycles. The molecule has 1 unspecified atom stereocenters. The van der Waals surface area contributed by atoms with E-state index in [0.717, 1.165) is 28.4 Å². The van der Waals surface area contributed by atoms with Gasteiger partial charge in [0.2, 0.25) is 11.8 Å². The summed E-state index contributed by atoms with van der Waals surface area (Å²) in [6.45, 7) is 8.70. The molecule has 1 N–H and O–H groups in total. The number of nitrogens with zero attached hydrogens (tertiary/aromatic N) is 1. The van der Waals surface area contributed by atoms with Crippen molar-refractivity contribution in [2.24, 2.45) is 5.92 Å². The second kappa shape index (κ2) is 7.77. The van der Waals surface area contributed by atoms with Crippen molar-refractivity contribution in [3.05, 3.63) is 46.5 Å². The van der Waals surface area contributed by atoms with Gasteiger partial charge in [0.15, 0.2) is 0 Å². The summed E-state index contributed by atoms with van der Waals surface area (Å²) in [5.74, 6) is -0.231. The fourth-order valence-electron chi connectivity index (χ4n) is 2.87. The zero-order chi connectivity index (χ0) is 17.0. The van der Waals surface area contributed by atoms with Gasteiger partial charge in [0, 0.05) is 17.6 Å². The molecule has 5 heteroatoms. The molecule has 1 aliphatic rings. The molecule has 1 fully saturated rings. The molecule has 1 aromatic carbocycles. The van der Waals surface area contributed by atoms with Gasteiger partial charge in [-0.05, 0) is 50.0 Å². The number of amides is 2. The van der Waals surface area contributed by atoms with Gasteiger partial charge >= 0.3 is 0 Å². The van der Waals surface area contributed by atoms with Crippen LogP contribution in [-0.2, 0) is 9.59 Å². The first kappa shape index (κ1) is 17.7. The van der Waals surface area contributed by atoms with Gasteiger partial charge in [-0.3, -0.25) is 9.59 Å². The van der Waals surface area contributed by atoms with E-state index in [4.69, 9.17) is 0 Å². The molecule has 1 aromatic rings. The monoisotopic (exact) mass is 378 g/mol. The number of piperidine rings is 1. The maximum Gasteiger partial charge on any atom is 0.245 e. The van der Waals surface area contributed by atoms with E-state index in [1.54, 1.807) is 4.90 Å². The fraction of sp³-hybridized carbons (Fsp3) is 0.444. The Kier molecular flexibility index (Phi) is 5.99. The Labute approximate surface area is 146 Å². The third-order valence-electron chi connectivity index (χ3n) is 4.32. The zero-order valence-electron chi connectivity index (χ0n) is 13.6. The molecule has 2 amide bonds. The quantitative estimate of drug-likeness (QED) is 0.816. The second-order valence-electron chi connectivity index (χ2n) is 6.07. The van der Waals surface area contributed by atoms with E-state index in [2.05, 4.69) is 33.9 Å². The van der Waals surface area contributed by atoms with Crippen molar-refractivity contribution in [2.45, 2.75) is 32.7 Å². The molecule has 1 saturated heterocycles. The van der Waals surface area contributed by atoms with Gasteiger partial charge in [-0.25, -0.2) is 0 Å². The van der Waals surface area contributed by atoms with Gasteiger partial charge in [-0.15, -0.1) is 0 Å². The van der Waals surface area contributed by atoms with E-state index >= 15 is 0 Å². The lowest BCUT2D eigenvalue weighted by Gasteiger charge is -2.32. The third-order valence-corrected chi connectivity index (χ3v) is 5.21. The fourth-order valence-corrected chi connectivity index (χ4v) is 3.12. The number of likely N-dealkylation sites (tertiary alicyclic amines) is 1. The van der Waals surface area contributed by atoms with Gasteiger partial charge in [0.05, 0.1) is 12.0 Å². The SMILES string of the molecule is C=CC(=O)N1CCCC(C(=O)N[C@H](C)c2ccc(Br)c(C)c2)C1. The highest BCUT2D eigenvalue weighted by Crippen LogP contribution is 2.23. The summed E-state index contributed by atoms with van der Waals surface area (Å²) in [6.07, 6.45) is 2.98. The molecular weight excluding hydrogens is 356 g/mol. The predicted octanol–water partition coefficient (Wildman–Crippen LogP) is 3.36. The van der Waals surface area contributed by atoms with Crippen LogP contribution in [0.3, 0.4) is 0 Å². The van der Waals surface area contributed by atoms with Crippen LogP contribution in [-0.4, -0.2) is 29.8 Å². The van der Waals surface area contributed by atoms with E-state index in [0.29, 0.717) is 13.1 Å². The number of nitrogens with one attached hydrogen (secondary N) is 1. The highest BCUT2D eigenvalue weighted by atomic mass is 79.9. The van der Waals surface area contributed by atoms with E-state index in [1.807, 2.05) is 26.0 Å². The Morgan fingerprint density at radius 3 is 2.87 bits per heavy atom. The zero-order valence-corrected chi connectivity index (χ0v) is 15.2. The van der Waals surface area contributed by atoms with E-state index in [9.17, 15) is 9.59 Å². The highest BCUT2D eigenvalue weighted by Gasteiger charge is 2.28. The molecule has 0 aliphatic carbocycles. The van der Waals surface area contributed by atoms with Crippen LogP contribution in [0.4, 0.5) is 0 Å². The van der Waals surface area contributed by atoms with Crippen LogP contribution < -0.4 is 5.32 Å². The normalized spacial score (nSPS) is 19.1. The summed E-state index contributed by atoms with van der Waals surface area (Å²) >= 11 is 3.49. The van der Waals surface area contributed by atoms with Crippen molar-refractivity contribution in [1.29, 1.82) is 0 Å². The molecule has 1 heterocycles. The van der Waals surface area contributed by atoms with Gasteiger partial charge in [-0.1, -0.05) is 34.6 Å². The summed E-state index contributed by atoms with van der Waals surface area (Å²) in [7, 11) is 0. The lowest BCUT2D eigenvalue weighted by molar-refractivity contribution is -0.132. The van der Waals surface area contributed by atoms with Gasteiger partial charge in [0.1, 0.15) is 0 Å². The largest absolute Gasteiger partial charge is 0.349 e. The van der Waals surface area contributed by atoms with Crippen LogP contribution in [0.5, 0.6) is 0 Å². The van der Waals surface area contributed by atoms with Crippen molar-refractivity contribution < 1.29 is 9.59 Å². The summed E-state index contributed by atoms with van der Waals surface area (Å²) in [5.41, 5.74) is 2.22. The standard InChI is InChI=1S/C18H23BrN2O2/c1-4-17(22)21-9-5-6-15(11-21)18(23)20-13(3)14-7-8-16(19)12(2)10-14/h4,7-8,10,13,15H,1,5-6,9,11H2,2-3H3,(H,20,23)/t13-,15?/m1/s1. The predicted molar refractivity (Wildman–Crippen MR) is 94.9 cm³/mol. The molecule has 0 bridgehead atoms. The Bertz CT molecular complexity index is 615. The molecule has 2 atom stereocenters. The number of carbonyl (C=O) groups excluding carboxylic acids is 2. The first-order valence-electron chi connectivity index (χ1n) is 7.90. The second-order valence-corrected chi connectivity index (χ2v) is 6.92. The first-order chi connectivity index (χ1) is 10.9. The Hall–Kier alpha value is -1.62. The van der Waals surface area contributed by atoms with Crippen LogP contribution >= 0.6 is 15.9 Å². The molecule has 124 valence electrons. The van der Waals surface area contributed by atoms with Crippen LogP contribution in [0.25, 0.3) is 0 Å². The minimum atomic E-state index is -0.147. The van der Waals surface area contributed by atoms with Gasteiger partial charge in [0.25, 0.3) is 0 Å². The lowest BCUT2D eigenvalue weighted by atomic mass is 9.96. The van der Waals surface area contributed by atoms with E-state index in [1.165, 1.54) is 6.08 Å². The highest BCUT2D eigenvalue weighted by molar-refractivity contribution is 9.10. The third kappa shape index (κ3) is 4.44. The van der Waals surface area contributed by atoms with Gasteiger partial charge in [-0.2, -0.15) is 0 Å². The maximum absolute atomic E-state index is 12.5. The summed E-state index contributed by atoms with van der Waals surface area (Å²) in [5, 5.41) is 3.07. The number of halogens is 1. The van der Waals surface area contributed by atoms with Gasteiger partial charge < -0.3 is 10.2 Å². The van der Waals surface area contributed by atoms with Crippen LogP contribution in [0.2, 0.25) is 0 Å². The molecule has 1 aliphatic heterocycles. The van der Waals surface area contributed by atoms with E-state index in [-0.39, 0.29) is 23.8 Å². The molecule has 4 nitrogen and oxygen atoms in total. The first-order valence-corrected chi connectivity index (χ1v) is 8.69. The average Bonchev–Trinajstić information content (AvgIpc) is 2.56. The average molecular weight is 379 g/mol. The summed E-state index contributed by atoms with van der Waals surface area (Å²) < 4.78 is 1.06. The molecule has 0 aromatic heterocycles. The molecular formula is C18H23BrN2O2. The smallest absolute Gasteiger partial charge is 0.245 e. The van der Waals surface area contributed by atoms with E-state index < -0.39 is 0 Å². The molecule has 0 spiro atoms. The number of aryl methyl sites for hydroxylation is 1. The van der Waals surface area contributed by atoms with Crippen LogP contribution in [0.15, 0.2) is 35.3 Å². The van der Waals surface area contributed by atoms with Crippen molar-refractivity contribution in [1.82, 2.24) is 10.2 Å². The molecule has 23 heavy (non-hydrogen) atoms. The minimum Gasteiger partial charge on any atom is -0.349 e. The van der Waals surface area contributed by atoms with Crippen molar-refractivity contribution >= 4 is 27.7 Å². The molecule has 2 rings (SSSR count). The summed E-state index contributed by atoms with van der Waals surface area (Å²) in [4.78, 5) is 25.9. The summed E-state index contributed by atoms with van der Waals surface area (Å²) in [6, 6.07) is 6.03. The lowest BCUT2D eigenvalue weighted by Crippen LogP contribution is -2.45. The number of rotatable bonds is 4. The maximum atomic E-state index is 12.5. The number of benzene rings is 1. The van der Waals surface area contributed by atoms with Crippen molar-refractivity contribution in [2.75, 3.05) is 13.1 Å². The Morgan fingerprint density at radius 2 is 2.22 bits per heavy atom. The Balaban J connectivity index is 1.98. The number of hydrogen-bond acceptors (Lipinski definition) is 2. The van der Waals surface area contributed by atoms with Crippen LogP contribution in [0, 0.1) is 12.8 Å². The van der Waals surface area contributed by atoms with Crippen molar-refractivity contribution in [3.63, 3.8) is 0 Å². The Morgan fingerprint density at radius 1 is 1.48 bits per heavy atom. The minimum absolute atomic E-state index is 0.0136.